The lowest BCUT2D eigenvalue weighted by Crippen LogP contribution is -2.66. The molecule has 20 heavy (non-hydrogen) atoms. The lowest BCUT2D eigenvalue weighted by atomic mass is 9.91. The number of urea groups is 1. The van der Waals surface area contributed by atoms with Crippen molar-refractivity contribution < 1.29 is 19.4 Å². The Morgan fingerprint density at radius 3 is 2.65 bits per heavy atom. The highest BCUT2D eigenvalue weighted by Gasteiger charge is 2.43. The summed E-state index contributed by atoms with van der Waals surface area (Å²) in [6, 6.07) is -0.0598. The maximum absolute atomic E-state index is 12.1. The van der Waals surface area contributed by atoms with Gasteiger partial charge in [0.25, 0.3) is 0 Å². The molecule has 0 radical (unpaired) electrons. The number of nitrogens with zero attached hydrogens (tertiary/aromatic N) is 1. The molecule has 2 atom stereocenters. The van der Waals surface area contributed by atoms with Gasteiger partial charge in [-0.3, -0.25) is 0 Å². The predicted molar refractivity (Wildman–Crippen MR) is 72.3 cm³/mol. The average molecular weight is 285 g/mol. The molecule has 1 aliphatic heterocycles. The van der Waals surface area contributed by atoms with Crippen LogP contribution in [0, 0.1) is 0 Å². The van der Waals surface area contributed by atoms with Crippen molar-refractivity contribution in [3.8, 4) is 0 Å². The van der Waals surface area contributed by atoms with Gasteiger partial charge in [-0.25, -0.2) is 9.59 Å². The van der Waals surface area contributed by atoms with Crippen LogP contribution < -0.4 is 11.1 Å². The number of hydrogen-bond donors (Lipinski definition) is 3. The van der Waals surface area contributed by atoms with Crippen LogP contribution in [0.1, 0.15) is 32.6 Å². The van der Waals surface area contributed by atoms with E-state index in [0.29, 0.717) is 13.1 Å². The molecule has 1 heterocycles. The minimum Gasteiger partial charge on any atom is -0.480 e. The van der Waals surface area contributed by atoms with E-state index in [-0.39, 0.29) is 24.7 Å². The Kier molecular flexibility index (Phi) is 4.49. The van der Waals surface area contributed by atoms with Gasteiger partial charge in [0, 0.05) is 12.1 Å². The van der Waals surface area contributed by atoms with Gasteiger partial charge in [0.05, 0.1) is 13.1 Å². The number of nitrogens with one attached hydrogen (secondary N) is 1. The van der Waals surface area contributed by atoms with Gasteiger partial charge in [0.15, 0.2) is 0 Å². The first-order valence-electron chi connectivity index (χ1n) is 7.06. The quantitative estimate of drug-likeness (QED) is 0.681. The van der Waals surface area contributed by atoms with Crippen molar-refractivity contribution in [2.24, 2.45) is 5.73 Å². The molecule has 0 bridgehead atoms. The van der Waals surface area contributed by atoms with Crippen molar-refractivity contribution in [3.63, 3.8) is 0 Å². The number of likely N-dealkylation sites (tertiary alicyclic amines) is 1. The van der Waals surface area contributed by atoms with Crippen molar-refractivity contribution in [2.75, 3.05) is 19.7 Å². The van der Waals surface area contributed by atoms with Crippen LogP contribution in [-0.2, 0) is 9.53 Å². The molecule has 0 aromatic carbocycles. The van der Waals surface area contributed by atoms with Crippen molar-refractivity contribution in [3.05, 3.63) is 0 Å². The summed E-state index contributed by atoms with van der Waals surface area (Å²) < 4.78 is 5.27. The predicted octanol–water partition coefficient (Wildman–Crippen LogP) is 0.141. The molecule has 7 heteroatoms. The van der Waals surface area contributed by atoms with Gasteiger partial charge in [-0.1, -0.05) is 12.8 Å². The second-order valence-corrected chi connectivity index (χ2v) is 5.99. The normalized spacial score (nSPS) is 28.6. The fraction of sp³-hybridized carbons (Fsp3) is 0.846. The highest BCUT2D eigenvalue weighted by atomic mass is 16.5. The van der Waals surface area contributed by atoms with Crippen LogP contribution in [0.4, 0.5) is 4.79 Å². The van der Waals surface area contributed by atoms with Gasteiger partial charge in [-0.2, -0.15) is 0 Å². The number of carboxylic acids is 1. The monoisotopic (exact) mass is 285 g/mol. The van der Waals surface area contributed by atoms with E-state index >= 15 is 0 Å². The van der Waals surface area contributed by atoms with Crippen LogP contribution in [0.3, 0.4) is 0 Å². The third-order valence-electron chi connectivity index (χ3n) is 4.01. The third-order valence-corrected chi connectivity index (χ3v) is 4.01. The summed E-state index contributed by atoms with van der Waals surface area (Å²) in [4.78, 5) is 24.1. The summed E-state index contributed by atoms with van der Waals surface area (Å²) in [5.74, 6) is -0.998. The van der Waals surface area contributed by atoms with Crippen molar-refractivity contribution >= 4 is 12.0 Å². The maximum Gasteiger partial charge on any atom is 0.329 e. The number of carboxylic acid groups (broad SMARTS) is 1. The molecule has 0 aromatic heterocycles. The number of amides is 2. The zero-order valence-corrected chi connectivity index (χ0v) is 11.8. The number of aliphatic carboxylic acids is 1. The Hall–Kier alpha value is -1.34. The van der Waals surface area contributed by atoms with Crippen molar-refractivity contribution in [2.45, 2.75) is 50.3 Å². The van der Waals surface area contributed by atoms with Gasteiger partial charge in [0.1, 0.15) is 12.2 Å². The lowest BCUT2D eigenvalue weighted by Gasteiger charge is -2.47. The molecule has 1 saturated carbocycles. The van der Waals surface area contributed by atoms with Gasteiger partial charge in [0.2, 0.25) is 0 Å². The first-order chi connectivity index (χ1) is 9.39. The molecule has 2 aliphatic rings. The van der Waals surface area contributed by atoms with E-state index in [0.717, 1.165) is 25.7 Å². The largest absolute Gasteiger partial charge is 0.480 e. The van der Waals surface area contributed by atoms with Gasteiger partial charge in [-0.05, 0) is 19.8 Å². The van der Waals surface area contributed by atoms with Gasteiger partial charge >= 0.3 is 12.0 Å². The third kappa shape index (κ3) is 3.61. The van der Waals surface area contributed by atoms with Crippen LogP contribution in [0.25, 0.3) is 0 Å². The Bertz CT molecular complexity index is 382. The number of nitrogens with two attached hydrogens (primary N) is 1. The minimum atomic E-state index is -0.998. The number of carbonyl (C=O) groups excluding carboxylic acids is 1. The van der Waals surface area contributed by atoms with E-state index in [2.05, 4.69) is 5.32 Å². The molecule has 1 saturated heterocycles. The van der Waals surface area contributed by atoms with E-state index in [1.165, 1.54) is 0 Å². The van der Waals surface area contributed by atoms with E-state index < -0.39 is 11.6 Å². The molecular formula is C13H23N3O4. The van der Waals surface area contributed by atoms with Gasteiger partial charge < -0.3 is 25.8 Å². The molecule has 2 fully saturated rings. The first kappa shape index (κ1) is 15.1. The zero-order valence-electron chi connectivity index (χ0n) is 11.8. The summed E-state index contributed by atoms with van der Waals surface area (Å²) >= 11 is 0. The highest BCUT2D eigenvalue weighted by Crippen LogP contribution is 2.25. The Balaban J connectivity index is 1.74. The Labute approximate surface area is 118 Å². The molecule has 2 amide bonds. The molecular weight excluding hydrogens is 262 g/mol. The van der Waals surface area contributed by atoms with E-state index in [1.807, 2.05) is 6.92 Å². The highest BCUT2D eigenvalue weighted by molar-refractivity contribution is 5.76. The standard InChI is InChI=1S/C13H23N3O4/c1-13(20-6-11(17)18)7-16(8-13)12(19)15-10-5-3-2-4-9(10)14/h9-10H,2-8,14H2,1H3,(H,15,19)(H,17,18). The molecule has 2 unspecified atom stereocenters. The number of ether oxygens (including phenoxy) is 1. The van der Waals surface area contributed by atoms with E-state index in [9.17, 15) is 9.59 Å². The van der Waals surface area contributed by atoms with E-state index in [1.54, 1.807) is 4.90 Å². The average Bonchev–Trinajstić information content (AvgIpc) is 2.35. The van der Waals surface area contributed by atoms with Crippen LogP contribution in [0.2, 0.25) is 0 Å². The zero-order chi connectivity index (χ0) is 14.8. The molecule has 7 nitrogen and oxygen atoms in total. The lowest BCUT2D eigenvalue weighted by molar-refractivity contribution is -0.159. The van der Waals surface area contributed by atoms with Crippen molar-refractivity contribution in [1.29, 1.82) is 0 Å². The number of carbonyl (C=O) groups is 2. The van der Waals surface area contributed by atoms with Crippen molar-refractivity contribution in [1.82, 2.24) is 10.2 Å². The second kappa shape index (κ2) is 5.97. The topological polar surface area (TPSA) is 105 Å². The van der Waals surface area contributed by atoms with Crippen LogP contribution >= 0.6 is 0 Å². The first-order valence-corrected chi connectivity index (χ1v) is 7.06. The summed E-state index contributed by atoms with van der Waals surface area (Å²) in [5, 5.41) is 11.5. The molecule has 4 N–H and O–H groups in total. The fourth-order valence-electron chi connectivity index (χ4n) is 2.82. The molecule has 0 spiro atoms. The summed E-state index contributed by atoms with van der Waals surface area (Å²) in [6.45, 7) is 2.30. The van der Waals surface area contributed by atoms with Crippen LogP contribution in [-0.4, -0.2) is 59.4 Å². The summed E-state index contributed by atoms with van der Waals surface area (Å²) in [6.07, 6.45) is 4.09. The SMILES string of the molecule is CC1(OCC(=O)O)CN(C(=O)NC2CCCCC2N)C1. The Morgan fingerprint density at radius 1 is 1.40 bits per heavy atom. The number of hydrogen-bond acceptors (Lipinski definition) is 4. The molecule has 114 valence electrons. The Morgan fingerprint density at radius 2 is 2.05 bits per heavy atom. The molecule has 2 rings (SSSR count). The number of rotatable bonds is 4. The maximum atomic E-state index is 12.1. The molecule has 0 aromatic rings. The smallest absolute Gasteiger partial charge is 0.329 e. The minimum absolute atomic E-state index is 0.0311. The van der Waals surface area contributed by atoms with Crippen LogP contribution in [0.5, 0.6) is 0 Å². The fourth-order valence-corrected chi connectivity index (χ4v) is 2.82. The summed E-state index contributed by atoms with van der Waals surface area (Å²) in [5.41, 5.74) is 5.45. The van der Waals surface area contributed by atoms with Crippen LogP contribution in [0.15, 0.2) is 0 Å². The van der Waals surface area contributed by atoms with E-state index in [4.69, 9.17) is 15.6 Å². The molecule has 1 aliphatic carbocycles. The second-order valence-electron chi connectivity index (χ2n) is 5.99. The summed E-state index contributed by atoms with van der Waals surface area (Å²) in [7, 11) is 0. The van der Waals surface area contributed by atoms with Gasteiger partial charge in [-0.15, -0.1) is 0 Å².